The number of Topliss-reactive ketones (excluding diaryl/α,β-unsaturated/α-hetero) is 1. The smallest absolute Gasteiger partial charge is 0.141 e. The summed E-state index contributed by atoms with van der Waals surface area (Å²) in [6.07, 6.45) is 2.67. The Labute approximate surface area is 118 Å². The standard InChI is InChI=1S/C15H21IO/c1-10(2)8-13(17)14-11(3)12(9-16)6-7-15(14,4)5/h7,10,14H,3,8-9H2,1-2,4-5H3. The van der Waals surface area contributed by atoms with Gasteiger partial charge in [-0.3, -0.25) is 4.79 Å². The number of carbonyl (C=O) groups excluding carboxylic acids is 1. The Kier molecular flexibility index (Phi) is 4.79. The van der Waals surface area contributed by atoms with Gasteiger partial charge in [-0.1, -0.05) is 56.9 Å². The third kappa shape index (κ3) is 3.32. The lowest BCUT2D eigenvalue weighted by Gasteiger charge is -2.35. The van der Waals surface area contributed by atoms with Crippen LogP contribution in [-0.2, 0) is 4.79 Å². The van der Waals surface area contributed by atoms with Crippen molar-refractivity contribution in [2.24, 2.45) is 17.3 Å². The SMILES string of the molecule is C=C1C(CI)=C=CC(C)(C)C1C(=O)CC(C)C. The van der Waals surface area contributed by atoms with E-state index in [2.05, 4.69) is 62.6 Å². The zero-order valence-electron chi connectivity index (χ0n) is 11.1. The van der Waals surface area contributed by atoms with Crippen molar-refractivity contribution in [2.75, 3.05) is 4.43 Å². The van der Waals surface area contributed by atoms with E-state index in [-0.39, 0.29) is 11.3 Å². The van der Waals surface area contributed by atoms with Gasteiger partial charge in [-0.05, 0) is 17.6 Å². The summed E-state index contributed by atoms with van der Waals surface area (Å²) in [7, 11) is 0. The molecule has 0 saturated carbocycles. The Balaban J connectivity index is 3.05. The van der Waals surface area contributed by atoms with E-state index in [0.29, 0.717) is 18.1 Å². The van der Waals surface area contributed by atoms with E-state index in [1.54, 1.807) is 0 Å². The number of alkyl halides is 1. The molecular formula is C15H21IO. The lowest BCUT2D eigenvalue weighted by molar-refractivity contribution is -0.124. The minimum absolute atomic E-state index is 0.0732. The summed E-state index contributed by atoms with van der Waals surface area (Å²) < 4.78 is 0.870. The molecule has 0 N–H and O–H groups in total. The minimum Gasteiger partial charge on any atom is -0.299 e. The predicted molar refractivity (Wildman–Crippen MR) is 81.4 cm³/mol. The molecule has 0 aromatic rings. The zero-order chi connectivity index (χ0) is 13.2. The second kappa shape index (κ2) is 5.53. The molecule has 1 rings (SSSR count). The molecule has 1 unspecified atom stereocenters. The van der Waals surface area contributed by atoms with Crippen LogP contribution in [0.3, 0.4) is 0 Å². The topological polar surface area (TPSA) is 17.1 Å². The second-order valence-electron chi connectivity index (χ2n) is 5.74. The van der Waals surface area contributed by atoms with Crippen molar-refractivity contribution in [3.8, 4) is 0 Å². The van der Waals surface area contributed by atoms with Crippen molar-refractivity contribution in [3.63, 3.8) is 0 Å². The molecule has 0 aromatic carbocycles. The number of halogens is 1. The van der Waals surface area contributed by atoms with Gasteiger partial charge in [-0.15, -0.1) is 5.73 Å². The molecule has 1 nitrogen and oxygen atoms in total. The predicted octanol–water partition coefficient (Wildman–Crippen LogP) is 4.33. The van der Waals surface area contributed by atoms with E-state index < -0.39 is 0 Å². The first-order valence-electron chi connectivity index (χ1n) is 6.04. The second-order valence-corrected chi connectivity index (χ2v) is 6.51. The third-order valence-corrected chi connectivity index (χ3v) is 3.93. The minimum atomic E-state index is -0.154. The highest BCUT2D eigenvalue weighted by molar-refractivity contribution is 14.1. The first-order chi connectivity index (χ1) is 7.79. The van der Waals surface area contributed by atoms with Crippen molar-refractivity contribution >= 4 is 28.4 Å². The third-order valence-electron chi connectivity index (χ3n) is 3.16. The summed E-state index contributed by atoms with van der Waals surface area (Å²) in [6.45, 7) is 12.5. The molecule has 0 radical (unpaired) electrons. The summed E-state index contributed by atoms with van der Waals surface area (Å²) in [5.74, 6) is 0.648. The normalized spacial score (nSPS) is 22.8. The van der Waals surface area contributed by atoms with Gasteiger partial charge < -0.3 is 0 Å². The van der Waals surface area contributed by atoms with Crippen molar-refractivity contribution in [3.05, 3.63) is 29.5 Å². The van der Waals surface area contributed by atoms with Gasteiger partial charge in [0.05, 0.1) is 5.92 Å². The van der Waals surface area contributed by atoms with E-state index in [4.69, 9.17) is 0 Å². The number of hydrogen-bond donors (Lipinski definition) is 0. The van der Waals surface area contributed by atoms with E-state index in [1.165, 1.54) is 0 Å². The Hall–Kier alpha value is -0.340. The fraction of sp³-hybridized carbons (Fsp3) is 0.600. The molecule has 0 aliphatic heterocycles. The Bertz CT molecular complexity index is 395. The van der Waals surface area contributed by atoms with Gasteiger partial charge in [0, 0.05) is 21.8 Å². The molecule has 17 heavy (non-hydrogen) atoms. The summed E-state index contributed by atoms with van der Waals surface area (Å²) in [5.41, 5.74) is 5.18. The number of ketones is 1. The van der Waals surface area contributed by atoms with Crippen LogP contribution in [0, 0.1) is 17.3 Å². The average molecular weight is 344 g/mol. The molecular weight excluding hydrogens is 323 g/mol. The maximum atomic E-state index is 12.4. The van der Waals surface area contributed by atoms with Crippen LogP contribution in [0.4, 0.5) is 0 Å². The van der Waals surface area contributed by atoms with Crippen LogP contribution in [0.25, 0.3) is 0 Å². The molecule has 0 aromatic heterocycles. The maximum absolute atomic E-state index is 12.4. The van der Waals surface area contributed by atoms with Gasteiger partial charge in [-0.2, -0.15) is 0 Å². The molecule has 0 amide bonds. The largest absolute Gasteiger partial charge is 0.299 e. The van der Waals surface area contributed by atoms with Gasteiger partial charge in [0.2, 0.25) is 0 Å². The van der Waals surface area contributed by atoms with Crippen LogP contribution < -0.4 is 0 Å². The quantitative estimate of drug-likeness (QED) is 0.421. The highest BCUT2D eigenvalue weighted by atomic mass is 127. The zero-order valence-corrected chi connectivity index (χ0v) is 13.3. The van der Waals surface area contributed by atoms with E-state index in [9.17, 15) is 4.79 Å². The Morgan fingerprint density at radius 3 is 2.65 bits per heavy atom. The molecule has 0 saturated heterocycles. The van der Waals surface area contributed by atoms with E-state index in [0.717, 1.165) is 15.6 Å². The van der Waals surface area contributed by atoms with Crippen LogP contribution in [-0.4, -0.2) is 10.2 Å². The fourth-order valence-electron chi connectivity index (χ4n) is 2.33. The number of carbonyl (C=O) groups is 1. The van der Waals surface area contributed by atoms with E-state index in [1.807, 2.05) is 6.08 Å². The summed E-state index contributed by atoms with van der Waals surface area (Å²) in [6, 6.07) is 0. The van der Waals surface area contributed by atoms with Crippen molar-refractivity contribution < 1.29 is 4.79 Å². The van der Waals surface area contributed by atoms with Gasteiger partial charge in [-0.25, -0.2) is 0 Å². The van der Waals surface area contributed by atoms with Gasteiger partial charge >= 0.3 is 0 Å². The number of rotatable bonds is 4. The molecule has 0 heterocycles. The lowest BCUT2D eigenvalue weighted by atomic mass is 9.68. The number of hydrogen-bond acceptors (Lipinski definition) is 1. The highest BCUT2D eigenvalue weighted by Crippen LogP contribution is 2.41. The monoisotopic (exact) mass is 344 g/mol. The van der Waals surface area contributed by atoms with Crippen LogP contribution in [0.5, 0.6) is 0 Å². The first kappa shape index (κ1) is 14.7. The van der Waals surface area contributed by atoms with Crippen LogP contribution in [0.2, 0.25) is 0 Å². The molecule has 2 heteroatoms. The molecule has 1 atom stereocenters. The summed E-state index contributed by atoms with van der Waals surface area (Å²) >= 11 is 2.30. The van der Waals surface area contributed by atoms with E-state index >= 15 is 0 Å². The number of allylic oxidation sites excluding steroid dienone is 2. The molecule has 0 fully saturated rings. The van der Waals surface area contributed by atoms with Gasteiger partial charge in [0.15, 0.2) is 0 Å². The maximum Gasteiger partial charge on any atom is 0.141 e. The first-order valence-corrected chi connectivity index (χ1v) is 7.56. The molecule has 1 aliphatic carbocycles. The molecule has 1 aliphatic rings. The Morgan fingerprint density at radius 1 is 1.59 bits per heavy atom. The highest BCUT2D eigenvalue weighted by Gasteiger charge is 2.38. The van der Waals surface area contributed by atoms with Crippen LogP contribution in [0.15, 0.2) is 29.5 Å². The average Bonchev–Trinajstić information content (AvgIpc) is 2.15. The lowest BCUT2D eigenvalue weighted by Crippen LogP contribution is -2.34. The fourth-order valence-corrected chi connectivity index (χ4v) is 3.04. The van der Waals surface area contributed by atoms with Crippen molar-refractivity contribution in [1.82, 2.24) is 0 Å². The molecule has 94 valence electrons. The van der Waals surface area contributed by atoms with Gasteiger partial charge in [0.1, 0.15) is 5.78 Å². The summed E-state index contributed by atoms with van der Waals surface area (Å²) in [5, 5.41) is 0. The molecule has 0 spiro atoms. The van der Waals surface area contributed by atoms with Crippen LogP contribution in [0.1, 0.15) is 34.1 Å². The molecule has 0 bridgehead atoms. The van der Waals surface area contributed by atoms with Crippen molar-refractivity contribution in [1.29, 1.82) is 0 Å². The summed E-state index contributed by atoms with van der Waals surface area (Å²) in [4.78, 5) is 12.4. The Morgan fingerprint density at radius 2 is 2.18 bits per heavy atom. The van der Waals surface area contributed by atoms with Crippen molar-refractivity contribution in [2.45, 2.75) is 34.1 Å². The van der Waals surface area contributed by atoms with Crippen LogP contribution >= 0.6 is 22.6 Å². The van der Waals surface area contributed by atoms with Gasteiger partial charge in [0.25, 0.3) is 0 Å².